The van der Waals surface area contributed by atoms with E-state index in [1.165, 1.54) is 0 Å². The van der Waals surface area contributed by atoms with Crippen LogP contribution in [-0.2, 0) is 0 Å². The van der Waals surface area contributed by atoms with Crippen molar-refractivity contribution in [3.8, 4) is 0 Å². The minimum absolute atomic E-state index is 0.127. The molecule has 0 aliphatic heterocycles. The Morgan fingerprint density at radius 3 is 2.05 bits per heavy atom. The zero-order valence-electron chi connectivity index (χ0n) is 12.9. The number of thioether (sulfide) groups is 1. The van der Waals surface area contributed by atoms with Crippen LogP contribution in [0.5, 0.6) is 0 Å². The summed E-state index contributed by atoms with van der Waals surface area (Å²) in [6.45, 7) is 12.6. The van der Waals surface area contributed by atoms with Crippen molar-refractivity contribution in [2.75, 3.05) is 0 Å². The maximum Gasteiger partial charge on any atom is 0.0781 e. The summed E-state index contributed by atoms with van der Waals surface area (Å²) in [6, 6.07) is 7.75. The number of benzene rings is 1. The topological polar surface area (TPSA) is 46.2 Å². The van der Waals surface area contributed by atoms with Gasteiger partial charge in [0.2, 0.25) is 0 Å². The molecule has 0 aliphatic rings. The SMILES string of the molecule is CC(C)(C)Sc1ccccc1[C@H](N)[C@H](O)C(C)(C)C. The molecule has 1 rings (SSSR count). The first-order chi connectivity index (χ1) is 8.52. The molecule has 1 aromatic carbocycles. The molecule has 0 spiro atoms. The zero-order chi connectivity index (χ0) is 14.8. The average molecular weight is 281 g/mol. The van der Waals surface area contributed by atoms with Gasteiger partial charge < -0.3 is 10.8 Å². The van der Waals surface area contributed by atoms with Crippen LogP contribution in [0.1, 0.15) is 53.1 Å². The Kier molecular flexibility index (Phi) is 5.10. The first-order valence-corrected chi connectivity index (χ1v) is 7.55. The van der Waals surface area contributed by atoms with Gasteiger partial charge in [-0.05, 0) is 17.0 Å². The summed E-state index contributed by atoms with van der Waals surface area (Å²) in [4.78, 5) is 1.16. The summed E-state index contributed by atoms with van der Waals surface area (Å²) in [5.74, 6) is 0. The van der Waals surface area contributed by atoms with Crippen LogP contribution in [0.25, 0.3) is 0 Å². The van der Waals surface area contributed by atoms with Gasteiger partial charge in [0.25, 0.3) is 0 Å². The summed E-state index contributed by atoms with van der Waals surface area (Å²) in [5, 5.41) is 10.4. The van der Waals surface area contributed by atoms with E-state index in [2.05, 4.69) is 26.8 Å². The fraction of sp³-hybridized carbons (Fsp3) is 0.625. The Labute approximate surface area is 121 Å². The van der Waals surface area contributed by atoms with Gasteiger partial charge >= 0.3 is 0 Å². The van der Waals surface area contributed by atoms with E-state index < -0.39 is 6.10 Å². The third kappa shape index (κ3) is 4.83. The molecule has 0 fully saturated rings. The lowest BCUT2D eigenvalue weighted by Gasteiger charge is -2.32. The van der Waals surface area contributed by atoms with Gasteiger partial charge in [0.1, 0.15) is 0 Å². The zero-order valence-corrected chi connectivity index (χ0v) is 13.7. The number of rotatable bonds is 3. The van der Waals surface area contributed by atoms with E-state index in [4.69, 9.17) is 5.73 Å². The Morgan fingerprint density at radius 2 is 1.58 bits per heavy atom. The van der Waals surface area contributed by atoms with Crippen LogP contribution in [0.15, 0.2) is 29.2 Å². The molecule has 2 nitrogen and oxygen atoms in total. The van der Waals surface area contributed by atoms with Crippen molar-refractivity contribution in [3.05, 3.63) is 29.8 Å². The first-order valence-electron chi connectivity index (χ1n) is 6.74. The lowest BCUT2D eigenvalue weighted by Crippen LogP contribution is -2.37. The predicted molar refractivity (Wildman–Crippen MR) is 84.4 cm³/mol. The van der Waals surface area contributed by atoms with Crippen molar-refractivity contribution in [1.29, 1.82) is 0 Å². The van der Waals surface area contributed by atoms with Gasteiger partial charge in [0.05, 0.1) is 12.1 Å². The Hall–Kier alpha value is -0.510. The van der Waals surface area contributed by atoms with Gasteiger partial charge in [-0.2, -0.15) is 0 Å². The van der Waals surface area contributed by atoms with E-state index in [9.17, 15) is 5.11 Å². The molecule has 1 aromatic rings. The summed E-state index contributed by atoms with van der Waals surface area (Å²) >= 11 is 1.79. The van der Waals surface area contributed by atoms with Crippen LogP contribution < -0.4 is 5.73 Å². The minimum atomic E-state index is -0.561. The molecule has 2 atom stereocenters. The number of hydrogen-bond donors (Lipinski definition) is 2. The standard InChI is InChI=1S/C16H27NOS/c1-15(2,3)14(18)13(17)11-9-7-8-10-12(11)19-16(4,5)6/h7-10,13-14,18H,17H2,1-6H3/t13-,14-/m0/s1. The number of nitrogens with two attached hydrogens (primary N) is 1. The van der Waals surface area contributed by atoms with Crippen molar-refractivity contribution in [2.24, 2.45) is 11.1 Å². The maximum absolute atomic E-state index is 10.4. The molecule has 0 bridgehead atoms. The Morgan fingerprint density at radius 1 is 1.05 bits per heavy atom. The van der Waals surface area contributed by atoms with Gasteiger partial charge in [-0.1, -0.05) is 59.7 Å². The minimum Gasteiger partial charge on any atom is -0.391 e. The van der Waals surface area contributed by atoms with Crippen LogP contribution in [0.3, 0.4) is 0 Å². The molecule has 0 saturated heterocycles. The van der Waals surface area contributed by atoms with Crippen LogP contribution in [-0.4, -0.2) is 16.0 Å². The van der Waals surface area contributed by atoms with Crippen molar-refractivity contribution in [1.82, 2.24) is 0 Å². The monoisotopic (exact) mass is 281 g/mol. The molecule has 0 aliphatic carbocycles. The molecule has 0 saturated carbocycles. The van der Waals surface area contributed by atoms with Crippen molar-refractivity contribution < 1.29 is 5.11 Å². The van der Waals surface area contributed by atoms with E-state index in [1.54, 1.807) is 11.8 Å². The molecule has 0 aromatic heterocycles. The molecule has 108 valence electrons. The second kappa shape index (κ2) is 5.86. The third-order valence-electron chi connectivity index (χ3n) is 2.92. The quantitative estimate of drug-likeness (QED) is 0.824. The molecule has 19 heavy (non-hydrogen) atoms. The molecular formula is C16H27NOS. The second-order valence-corrected chi connectivity index (χ2v) is 8.96. The lowest BCUT2D eigenvalue weighted by molar-refractivity contribution is 0.0394. The molecule has 3 N–H and O–H groups in total. The molecule has 3 heteroatoms. The fourth-order valence-corrected chi connectivity index (χ4v) is 3.02. The number of aliphatic hydroxyl groups is 1. The van der Waals surface area contributed by atoms with Crippen LogP contribution in [0.2, 0.25) is 0 Å². The van der Waals surface area contributed by atoms with E-state index in [0.29, 0.717) is 0 Å². The van der Waals surface area contributed by atoms with Crippen LogP contribution >= 0.6 is 11.8 Å². The molecule has 0 heterocycles. The van der Waals surface area contributed by atoms with E-state index >= 15 is 0 Å². The van der Waals surface area contributed by atoms with Gasteiger partial charge in [0, 0.05) is 9.64 Å². The highest BCUT2D eigenvalue weighted by Gasteiger charge is 2.30. The van der Waals surface area contributed by atoms with Crippen LogP contribution in [0, 0.1) is 5.41 Å². The van der Waals surface area contributed by atoms with Gasteiger partial charge in [-0.15, -0.1) is 11.8 Å². The average Bonchev–Trinajstić information content (AvgIpc) is 2.24. The highest BCUT2D eigenvalue weighted by molar-refractivity contribution is 8.00. The second-order valence-electron chi connectivity index (χ2n) is 7.09. The Balaban J connectivity index is 3.07. The van der Waals surface area contributed by atoms with E-state index in [-0.39, 0.29) is 16.2 Å². The highest BCUT2D eigenvalue weighted by atomic mass is 32.2. The van der Waals surface area contributed by atoms with Gasteiger partial charge in [-0.25, -0.2) is 0 Å². The lowest BCUT2D eigenvalue weighted by atomic mass is 9.82. The van der Waals surface area contributed by atoms with Crippen molar-refractivity contribution in [2.45, 2.75) is 63.3 Å². The van der Waals surface area contributed by atoms with Gasteiger partial charge in [-0.3, -0.25) is 0 Å². The normalized spacial score (nSPS) is 16.2. The fourth-order valence-electron chi connectivity index (χ4n) is 1.89. The van der Waals surface area contributed by atoms with Crippen molar-refractivity contribution >= 4 is 11.8 Å². The molecule has 0 amide bonds. The van der Waals surface area contributed by atoms with Crippen LogP contribution in [0.4, 0.5) is 0 Å². The first kappa shape index (κ1) is 16.5. The van der Waals surface area contributed by atoms with Gasteiger partial charge in [0.15, 0.2) is 0 Å². The number of hydrogen-bond acceptors (Lipinski definition) is 3. The highest BCUT2D eigenvalue weighted by Crippen LogP contribution is 2.38. The molecule has 0 radical (unpaired) electrons. The Bertz CT molecular complexity index is 417. The summed E-state index contributed by atoms with van der Waals surface area (Å²) in [6.07, 6.45) is -0.561. The van der Waals surface area contributed by atoms with E-state index in [1.807, 2.05) is 39.0 Å². The maximum atomic E-state index is 10.4. The summed E-state index contributed by atoms with van der Waals surface area (Å²) in [5.41, 5.74) is 7.09. The number of aliphatic hydroxyl groups excluding tert-OH is 1. The smallest absolute Gasteiger partial charge is 0.0781 e. The predicted octanol–water partition coefficient (Wildman–Crippen LogP) is 3.98. The van der Waals surface area contributed by atoms with Crippen molar-refractivity contribution in [3.63, 3.8) is 0 Å². The summed E-state index contributed by atoms with van der Waals surface area (Å²) in [7, 11) is 0. The molecular weight excluding hydrogens is 254 g/mol. The largest absolute Gasteiger partial charge is 0.391 e. The molecule has 0 unspecified atom stereocenters. The summed E-state index contributed by atoms with van der Waals surface area (Å²) < 4.78 is 0.127. The third-order valence-corrected chi connectivity index (χ3v) is 4.13. The van der Waals surface area contributed by atoms with E-state index in [0.717, 1.165) is 10.5 Å².